The minimum Gasteiger partial charge on any atom is -0.380 e. The summed E-state index contributed by atoms with van der Waals surface area (Å²) >= 11 is 0. The monoisotopic (exact) mass is 398 g/mol. The number of hydrogen-bond acceptors (Lipinski definition) is 5. The van der Waals surface area contributed by atoms with E-state index in [1.807, 2.05) is 39.9 Å². The van der Waals surface area contributed by atoms with E-state index in [1.165, 1.54) is 0 Å². The first-order valence-electron chi connectivity index (χ1n) is 10.6. The molecule has 2 aromatic rings. The summed E-state index contributed by atoms with van der Waals surface area (Å²) in [6.45, 7) is 6.91. The van der Waals surface area contributed by atoms with Gasteiger partial charge in [-0.3, -0.25) is 9.58 Å². The van der Waals surface area contributed by atoms with Gasteiger partial charge in [0.1, 0.15) is 0 Å². The van der Waals surface area contributed by atoms with Crippen molar-refractivity contribution in [2.75, 3.05) is 44.7 Å². The quantitative estimate of drug-likeness (QED) is 0.837. The maximum absolute atomic E-state index is 12.4. The van der Waals surface area contributed by atoms with Crippen LogP contribution in [0.2, 0.25) is 0 Å². The number of aromatic nitrogens is 3. The van der Waals surface area contributed by atoms with Crippen molar-refractivity contribution in [1.29, 1.82) is 0 Å². The van der Waals surface area contributed by atoms with E-state index in [-0.39, 0.29) is 6.03 Å². The number of benzene rings is 1. The summed E-state index contributed by atoms with van der Waals surface area (Å²) in [6, 6.07) is 9.60. The summed E-state index contributed by atoms with van der Waals surface area (Å²) < 4.78 is 7.48. The molecule has 0 bridgehead atoms. The number of likely N-dealkylation sites (tertiary alicyclic amines) is 1. The van der Waals surface area contributed by atoms with E-state index in [4.69, 9.17) is 4.74 Å². The van der Waals surface area contributed by atoms with Gasteiger partial charge in [0.05, 0.1) is 12.3 Å². The number of nitrogens with one attached hydrogen (secondary N) is 1. The lowest BCUT2D eigenvalue weighted by atomic mass is 9.97. The lowest BCUT2D eigenvalue weighted by molar-refractivity contribution is 0.140. The Morgan fingerprint density at radius 1 is 1.10 bits per heavy atom. The van der Waals surface area contributed by atoms with Gasteiger partial charge in [0.2, 0.25) is 0 Å². The van der Waals surface area contributed by atoms with Crippen molar-refractivity contribution in [2.24, 2.45) is 5.92 Å². The van der Waals surface area contributed by atoms with Gasteiger partial charge in [-0.05, 0) is 37.3 Å². The van der Waals surface area contributed by atoms with Crippen molar-refractivity contribution in [3.63, 3.8) is 0 Å². The lowest BCUT2D eigenvalue weighted by Crippen LogP contribution is -2.41. The number of ether oxygens (including phenoxy) is 1. The van der Waals surface area contributed by atoms with Crippen LogP contribution in [0.4, 0.5) is 10.5 Å². The second kappa shape index (κ2) is 9.84. The minimum atomic E-state index is -0.0147. The molecule has 3 heterocycles. The van der Waals surface area contributed by atoms with Gasteiger partial charge in [0.15, 0.2) is 0 Å². The van der Waals surface area contributed by atoms with E-state index in [0.717, 1.165) is 83.1 Å². The van der Waals surface area contributed by atoms with Crippen LogP contribution in [0.25, 0.3) is 0 Å². The number of nitrogens with zero attached hydrogens (tertiary/aromatic N) is 5. The van der Waals surface area contributed by atoms with Crippen LogP contribution in [0.3, 0.4) is 0 Å². The van der Waals surface area contributed by atoms with E-state index >= 15 is 0 Å². The molecular weight excluding hydrogens is 368 g/mol. The van der Waals surface area contributed by atoms with Crippen LogP contribution in [0.1, 0.15) is 25.0 Å². The number of piperidine rings is 1. The molecule has 0 atom stereocenters. The normalized spacial score (nSPS) is 19.1. The summed E-state index contributed by atoms with van der Waals surface area (Å²) in [5.74, 6) is 0.525. The molecular formula is C21H30N6O2. The average Bonchev–Trinajstić information content (AvgIpc) is 3.01. The first-order valence-corrected chi connectivity index (χ1v) is 10.6. The maximum Gasteiger partial charge on any atom is 0.321 e. The predicted molar refractivity (Wildman–Crippen MR) is 110 cm³/mol. The minimum absolute atomic E-state index is 0.0147. The molecule has 8 heteroatoms. The van der Waals surface area contributed by atoms with Gasteiger partial charge in [0.25, 0.3) is 0 Å². The Labute approximate surface area is 171 Å². The lowest BCUT2D eigenvalue weighted by Gasteiger charge is -2.31. The Balaban J connectivity index is 1.21. The van der Waals surface area contributed by atoms with Crippen LogP contribution < -0.4 is 5.32 Å². The van der Waals surface area contributed by atoms with Crippen molar-refractivity contribution >= 4 is 11.7 Å². The van der Waals surface area contributed by atoms with Crippen LogP contribution >= 0.6 is 0 Å². The second-order valence-electron chi connectivity index (χ2n) is 7.90. The summed E-state index contributed by atoms with van der Waals surface area (Å²) in [5.41, 5.74) is 1.86. The molecule has 0 saturated carbocycles. The van der Waals surface area contributed by atoms with Crippen molar-refractivity contribution < 1.29 is 9.53 Å². The zero-order chi connectivity index (χ0) is 19.9. The fourth-order valence-corrected chi connectivity index (χ4v) is 3.99. The van der Waals surface area contributed by atoms with E-state index in [2.05, 4.69) is 26.7 Å². The Bertz CT molecular complexity index is 764. The number of amides is 2. The molecule has 0 radical (unpaired) electrons. The van der Waals surface area contributed by atoms with Crippen molar-refractivity contribution in [2.45, 2.75) is 32.4 Å². The molecule has 2 amide bonds. The average molecular weight is 399 g/mol. The van der Waals surface area contributed by atoms with Crippen LogP contribution in [0, 0.1) is 5.92 Å². The molecule has 0 spiro atoms. The fourth-order valence-electron chi connectivity index (χ4n) is 3.99. The number of para-hydroxylation sites is 1. The molecule has 2 saturated heterocycles. The largest absolute Gasteiger partial charge is 0.380 e. The number of rotatable bonds is 5. The van der Waals surface area contributed by atoms with Gasteiger partial charge in [0, 0.05) is 57.8 Å². The van der Waals surface area contributed by atoms with Gasteiger partial charge in [-0.2, -0.15) is 0 Å². The zero-order valence-electron chi connectivity index (χ0n) is 16.9. The zero-order valence-corrected chi connectivity index (χ0v) is 16.9. The molecule has 0 aliphatic carbocycles. The highest BCUT2D eigenvalue weighted by molar-refractivity contribution is 5.89. The fraction of sp³-hybridized carbons (Fsp3) is 0.571. The molecule has 2 aliphatic rings. The number of carbonyl (C=O) groups is 1. The van der Waals surface area contributed by atoms with Crippen molar-refractivity contribution in [3.8, 4) is 0 Å². The standard InChI is InChI=1S/C21H30N6O2/c28-21(22-19-5-2-1-3-6-19)26-10-7-18(8-11-26)15-27-17-20(23-24-27)16-25-9-4-13-29-14-12-25/h1-3,5-6,17-18H,4,7-16H2,(H,22,28). The van der Waals surface area contributed by atoms with Gasteiger partial charge in [-0.15, -0.1) is 5.10 Å². The number of hydrogen-bond donors (Lipinski definition) is 1. The van der Waals surface area contributed by atoms with E-state index in [0.29, 0.717) is 5.92 Å². The Morgan fingerprint density at radius 3 is 2.76 bits per heavy atom. The van der Waals surface area contributed by atoms with Crippen molar-refractivity contribution in [3.05, 3.63) is 42.2 Å². The second-order valence-corrected chi connectivity index (χ2v) is 7.90. The molecule has 0 unspecified atom stereocenters. The molecule has 2 aliphatic heterocycles. The third kappa shape index (κ3) is 5.77. The number of carbonyl (C=O) groups excluding carboxylic acids is 1. The molecule has 4 rings (SSSR count). The topological polar surface area (TPSA) is 75.5 Å². The molecule has 156 valence electrons. The summed E-state index contributed by atoms with van der Waals surface area (Å²) in [4.78, 5) is 16.7. The number of urea groups is 1. The summed E-state index contributed by atoms with van der Waals surface area (Å²) in [6.07, 6.45) is 5.12. The molecule has 1 N–H and O–H groups in total. The van der Waals surface area contributed by atoms with Crippen LogP contribution in [-0.2, 0) is 17.8 Å². The Morgan fingerprint density at radius 2 is 1.93 bits per heavy atom. The Hall–Kier alpha value is -2.45. The van der Waals surface area contributed by atoms with E-state index < -0.39 is 0 Å². The summed E-state index contributed by atoms with van der Waals surface area (Å²) in [5, 5.41) is 11.6. The highest BCUT2D eigenvalue weighted by atomic mass is 16.5. The summed E-state index contributed by atoms with van der Waals surface area (Å²) in [7, 11) is 0. The van der Waals surface area contributed by atoms with Gasteiger partial charge in [-0.25, -0.2) is 4.79 Å². The molecule has 1 aromatic heterocycles. The SMILES string of the molecule is O=C(Nc1ccccc1)N1CCC(Cn2cc(CN3CCCOCC3)nn2)CC1. The van der Waals surface area contributed by atoms with Gasteiger partial charge in [-0.1, -0.05) is 23.4 Å². The highest BCUT2D eigenvalue weighted by Crippen LogP contribution is 2.20. The molecule has 29 heavy (non-hydrogen) atoms. The van der Waals surface area contributed by atoms with Gasteiger partial charge < -0.3 is 15.0 Å². The smallest absolute Gasteiger partial charge is 0.321 e. The Kier molecular flexibility index (Phi) is 6.74. The van der Waals surface area contributed by atoms with E-state index in [1.54, 1.807) is 0 Å². The van der Waals surface area contributed by atoms with Crippen LogP contribution in [0.15, 0.2) is 36.5 Å². The third-order valence-corrected chi connectivity index (χ3v) is 5.66. The first-order chi connectivity index (χ1) is 14.3. The number of anilines is 1. The van der Waals surface area contributed by atoms with Crippen molar-refractivity contribution in [1.82, 2.24) is 24.8 Å². The molecule has 1 aromatic carbocycles. The molecule has 2 fully saturated rings. The maximum atomic E-state index is 12.4. The van der Waals surface area contributed by atoms with Crippen LogP contribution in [0.5, 0.6) is 0 Å². The van der Waals surface area contributed by atoms with Gasteiger partial charge >= 0.3 is 6.03 Å². The first kappa shape index (κ1) is 19.8. The highest BCUT2D eigenvalue weighted by Gasteiger charge is 2.23. The predicted octanol–water partition coefficient (Wildman–Crippen LogP) is 2.44. The third-order valence-electron chi connectivity index (χ3n) is 5.66. The molecule has 8 nitrogen and oxygen atoms in total. The van der Waals surface area contributed by atoms with Crippen LogP contribution in [-0.4, -0.2) is 70.2 Å². The van der Waals surface area contributed by atoms with E-state index in [9.17, 15) is 4.79 Å².